The molecular weight excluding hydrogens is 214 g/mol. The summed E-state index contributed by atoms with van der Waals surface area (Å²) in [6, 6.07) is 7.66. The van der Waals surface area contributed by atoms with Gasteiger partial charge in [0.25, 0.3) is 0 Å². The van der Waals surface area contributed by atoms with Gasteiger partial charge in [-0.05, 0) is 24.0 Å². The fourth-order valence-corrected chi connectivity index (χ4v) is 1.82. The number of hydrogen-bond donors (Lipinski definition) is 1. The number of aromatic nitrogens is 1. The van der Waals surface area contributed by atoms with Crippen molar-refractivity contribution in [2.24, 2.45) is 11.8 Å². The van der Waals surface area contributed by atoms with E-state index in [2.05, 4.69) is 25.8 Å². The van der Waals surface area contributed by atoms with Crippen LogP contribution in [0.2, 0.25) is 0 Å². The Labute approximate surface area is 101 Å². The molecule has 1 aromatic carbocycles. The Morgan fingerprint density at radius 3 is 2.59 bits per heavy atom. The fourth-order valence-electron chi connectivity index (χ4n) is 1.82. The third-order valence-electron chi connectivity index (χ3n) is 3.38. The maximum atomic E-state index is 10.1. The molecule has 2 unspecified atom stereocenters. The Hall–Kier alpha value is -1.35. The van der Waals surface area contributed by atoms with E-state index in [1.54, 1.807) is 0 Å². The molecular formula is C14H19NO2. The van der Waals surface area contributed by atoms with E-state index < -0.39 is 6.10 Å². The molecule has 0 saturated heterocycles. The van der Waals surface area contributed by atoms with E-state index in [1.165, 1.54) is 0 Å². The maximum absolute atomic E-state index is 10.1. The zero-order chi connectivity index (χ0) is 12.4. The van der Waals surface area contributed by atoms with Gasteiger partial charge in [-0.1, -0.05) is 32.9 Å². The molecule has 1 aromatic heterocycles. The van der Waals surface area contributed by atoms with Crippen molar-refractivity contribution in [2.75, 3.05) is 0 Å². The molecule has 92 valence electrons. The van der Waals surface area contributed by atoms with Crippen molar-refractivity contribution in [3.05, 3.63) is 30.2 Å². The van der Waals surface area contributed by atoms with Crippen molar-refractivity contribution in [1.29, 1.82) is 0 Å². The molecule has 2 rings (SSSR count). The predicted molar refractivity (Wildman–Crippen MR) is 67.7 cm³/mol. The van der Waals surface area contributed by atoms with Gasteiger partial charge >= 0.3 is 0 Å². The van der Waals surface area contributed by atoms with E-state index in [4.69, 9.17) is 4.42 Å². The minimum atomic E-state index is -0.400. The SMILES string of the molecule is CC(C)C(C)C(O)Cc1nc2ccccc2o1. The summed E-state index contributed by atoms with van der Waals surface area (Å²) in [4.78, 5) is 4.37. The van der Waals surface area contributed by atoms with Gasteiger partial charge in [0.1, 0.15) is 5.52 Å². The lowest BCUT2D eigenvalue weighted by Gasteiger charge is -2.20. The van der Waals surface area contributed by atoms with Crippen LogP contribution in [-0.2, 0) is 6.42 Å². The van der Waals surface area contributed by atoms with Crippen molar-refractivity contribution in [1.82, 2.24) is 4.98 Å². The third-order valence-corrected chi connectivity index (χ3v) is 3.38. The highest BCUT2D eigenvalue weighted by Crippen LogP contribution is 2.20. The summed E-state index contributed by atoms with van der Waals surface area (Å²) in [6.07, 6.45) is 0.0802. The standard InChI is InChI=1S/C14H19NO2/c1-9(2)10(3)12(16)8-14-15-11-6-4-5-7-13(11)17-14/h4-7,9-10,12,16H,8H2,1-3H3. The number of benzene rings is 1. The molecule has 0 radical (unpaired) electrons. The third kappa shape index (κ3) is 2.67. The number of rotatable bonds is 4. The van der Waals surface area contributed by atoms with E-state index >= 15 is 0 Å². The lowest BCUT2D eigenvalue weighted by Crippen LogP contribution is -2.24. The Morgan fingerprint density at radius 2 is 1.94 bits per heavy atom. The fraction of sp³-hybridized carbons (Fsp3) is 0.500. The quantitative estimate of drug-likeness (QED) is 0.883. The largest absolute Gasteiger partial charge is 0.441 e. The average molecular weight is 233 g/mol. The van der Waals surface area contributed by atoms with Gasteiger partial charge in [0.15, 0.2) is 11.5 Å². The summed E-state index contributed by atoms with van der Waals surface area (Å²) >= 11 is 0. The van der Waals surface area contributed by atoms with E-state index in [9.17, 15) is 5.11 Å². The number of aliphatic hydroxyl groups is 1. The number of oxazole rings is 1. The second-order valence-corrected chi connectivity index (χ2v) is 4.95. The van der Waals surface area contributed by atoms with Gasteiger partial charge in [-0.2, -0.15) is 0 Å². The molecule has 0 aliphatic heterocycles. The number of aliphatic hydroxyl groups excluding tert-OH is 1. The van der Waals surface area contributed by atoms with Crippen LogP contribution in [0.5, 0.6) is 0 Å². The van der Waals surface area contributed by atoms with E-state index in [0.717, 1.165) is 11.1 Å². The molecule has 1 N–H and O–H groups in total. The van der Waals surface area contributed by atoms with Crippen LogP contribution in [0.25, 0.3) is 11.1 Å². The highest BCUT2D eigenvalue weighted by Gasteiger charge is 2.20. The molecule has 0 aliphatic carbocycles. The summed E-state index contributed by atoms with van der Waals surface area (Å²) < 4.78 is 5.60. The summed E-state index contributed by atoms with van der Waals surface area (Å²) in [5, 5.41) is 10.1. The number of fused-ring (bicyclic) bond motifs is 1. The van der Waals surface area contributed by atoms with Gasteiger partial charge in [0, 0.05) is 0 Å². The highest BCUT2D eigenvalue weighted by atomic mass is 16.4. The first-order valence-corrected chi connectivity index (χ1v) is 6.10. The summed E-state index contributed by atoms with van der Waals surface area (Å²) in [5.74, 6) is 1.31. The molecule has 2 aromatic rings. The monoisotopic (exact) mass is 233 g/mol. The highest BCUT2D eigenvalue weighted by molar-refractivity contribution is 5.72. The van der Waals surface area contributed by atoms with Crippen LogP contribution in [0.4, 0.5) is 0 Å². The second-order valence-electron chi connectivity index (χ2n) is 4.95. The molecule has 0 fully saturated rings. The number of hydrogen-bond acceptors (Lipinski definition) is 3. The molecule has 0 aliphatic rings. The van der Waals surface area contributed by atoms with Gasteiger partial charge in [-0.15, -0.1) is 0 Å². The first-order valence-electron chi connectivity index (χ1n) is 6.10. The van der Waals surface area contributed by atoms with E-state index in [1.807, 2.05) is 24.3 Å². The van der Waals surface area contributed by atoms with Crippen molar-refractivity contribution in [3.8, 4) is 0 Å². The van der Waals surface area contributed by atoms with Crippen molar-refractivity contribution in [2.45, 2.75) is 33.3 Å². The molecule has 17 heavy (non-hydrogen) atoms. The lowest BCUT2D eigenvalue weighted by molar-refractivity contribution is 0.0864. The van der Waals surface area contributed by atoms with Crippen molar-refractivity contribution >= 4 is 11.1 Å². The van der Waals surface area contributed by atoms with Crippen LogP contribution in [-0.4, -0.2) is 16.2 Å². The van der Waals surface area contributed by atoms with Gasteiger partial charge in [-0.25, -0.2) is 4.98 Å². The maximum Gasteiger partial charge on any atom is 0.198 e. The summed E-state index contributed by atoms with van der Waals surface area (Å²) in [5.41, 5.74) is 1.64. The average Bonchev–Trinajstić information content (AvgIpc) is 2.69. The zero-order valence-electron chi connectivity index (χ0n) is 10.6. The van der Waals surface area contributed by atoms with E-state index in [0.29, 0.717) is 18.2 Å². The Morgan fingerprint density at radius 1 is 1.24 bits per heavy atom. The molecule has 0 spiro atoms. The van der Waals surface area contributed by atoms with Crippen LogP contribution >= 0.6 is 0 Å². The van der Waals surface area contributed by atoms with Crippen molar-refractivity contribution in [3.63, 3.8) is 0 Å². The molecule has 3 heteroatoms. The van der Waals surface area contributed by atoms with Crippen LogP contribution in [0.3, 0.4) is 0 Å². The Kier molecular flexibility index (Phi) is 3.48. The van der Waals surface area contributed by atoms with Gasteiger partial charge in [-0.3, -0.25) is 0 Å². The van der Waals surface area contributed by atoms with Crippen LogP contribution in [0.15, 0.2) is 28.7 Å². The molecule has 1 heterocycles. The van der Waals surface area contributed by atoms with Gasteiger partial charge < -0.3 is 9.52 Å². The molecule has 2 atom stereocenters. The number of nitrogens with zero attached hydrogens (tertiary/aromatic N) is 1. The topological polar surface area (TPSA) is 46.3 Å². The molecule has 0 saturated carbocycles. The number of para-hydroxylation sites is 2. The Balaban J connectivity index is 2.13. The molecule has 3 nitrogen and oxygen atoms in total. The summed E-state index contributed by atoms with van der Waals surface area (Å²) in [6.45, 7) is 6.28. The van der Waals surface area contributed by atoms with Gasteiger partial charge in [0.2, 0.25) is 0 Å². The minimum absolute atomic E-state index is 0.241. The molecule has 0 bridgehead atoms. The lowest BCUT2D eigenvalue weighted by atomic mass is 9.91. The van der Waals surface area contributed by atoms with Crippen LogP contribution in [0, 0.1) is 11.8 Å². The minimum Gasteiger partial charge on any atom is -0.441 e. The zero-order valence-corrected chi connectivity index (χ0v) is 10.6. The van der Waals surface area contributed by atoms with Crippen molar-refractivity contribution < 1.29 is 9.52 Å². The first-order chi connectivity index (χ1) is 8.08. The summed E-state index contributed by atoms with van der Waals surface area (Å²) in [7, 11) is 0. The second kappa shape index (κ2) is 4.88. The smallest absolute Gasteiger partial charge is 0.198 e. The molecule has 0 amide bonds. The first kappa shape index (κ1) is 12.1. The Bertz CT molecular complexity index is 457. The van der Waals surface area contributed by atoms with Gasteiger partial charge in [0.05, 0.1) is 12.5 Å². The van der Waals surface area contributed by atoms with Crippen LogP contribution < -0.4 is 0 Å². The van der Waals surface area contributed by atoms with E-state index in [-0.39, 0.29) is 5.92 Å². The predicted octanol–water partition coefficient (Wildman–Crippen LogP) is 3.02. The van der Waals surface area contributed by atoms with Crippen LogP contribution in [0.1, 0.15) is 26.7 Å². The normalized spacial score (nSPS) is 15.4.